The van der Waals surface area contributed by atoms with Gasteiger partial charge in [0.15, 0.2) is 0 Å². The van der Waals surface area contributed by atoms with Crippen LogP contribution in [0.15, 0.2) is 0 Å². The molecule has 3 nitrogen and oxygen atoms in total. The fourth-order valence-electron chi connectivity index (χ4n) is 2.00. The highest BCUT2D eigenvalue weighted by atomic mass is 79.9. The van der Waals surface area contributed by atoms with Gasteiger partial charge in [-0.05, 0) is 19.3 Å². The second-order valence-corrected chi connectivity index (χ2v) is 5.13. The highest BCUT2D eigenvalue weighted by molar-refractivity contribution is 9.09. The van der Waals surface area contributed by atoms with Crippen molar-refractivity contribution in [3.05, 3.63) is 0 Å². The van der Waals surface area contributed by atoms with Crippen LogP contribution < -0.4 is 0 Å². The van der Waals surface area contributed by atoms with E-state index in [1.54, 1.807) is 7.11 Å². The average molecular weight is 265 g/mol. The van der Waals surface area contributed by atoms with Gasteiger partial charge in [0, 0.05) is 18.5 Å². The Morgan fingerprint density at radius 3 is 2.93 bits per heavy atom. The molecule has 2 rings (SSSR count). The first kappa shape index (κ1) is 10.9. The van der Waals surface area contributed by atoms with Crippen LogP contribution in [0.5, 0.6) is 0 Å². The van der Waals surface area contributed by atoms with E-state index < -0.39 is 0 Å². The molecule has 1 saturated carbocycles. The number of hydrogen-bond acceptors (Lipinski definition) is 3. The van der Waals surface area contributed by atoms with Crippen LogP contribution >= 0.6 is 15.9 Å². The molecule has 4 heteroatoms. The Kier molecular flexibility index (Phi) is 3.82. The van der Waals surface area contributed by atoms with E-state index in [2.05, 4.69) is 15.9 Å². The predicted octanol–water partition coefficient (Wildman–Crippen LogP) is 1.73. The Morgan fingerprint density at radius 2 is 2.36 bits per heavy atom. The molecule has 0 aromatic carbocycles. The Labute approximate surface area is 93.2 Å². The summed E-state index contributed by atoms with van der Waals surface area (Å²) in [7, 11) is 1.74. The third kappa shape index (κ3) is 2.30. The number of hydrogen-bond donors (Lipinski definition) is 0. The van der Waals surface area contributed by atoms with E-state index in [9.17, 15) is 0 Å². The van der Waals surface area contributed by atoms with E-state index in [1.165, 1.54) is 6.42 Å². The third-order valence-corrected chi connectivity index (χ3v) is 3.87. The molecule has 0 aromatic heterocycles. The van der Waals surface area contributed by atoms with Crippen LogP contribution in [0.1, 0.15) is 19.3 Å². The Morgan fingerprint density at radius 1 is 1.50 bits per heavy atom. The summed E-state index contributed by atoms with van der Waals surface area (Å²) in [5.41, 5.74) is 0. The van der Waals surface area contributed by atoms with Crippen LogP contribution in [0, 0.1) is 0 Å². The summed E-state index contributed by atoms with van der Waals surface area (Å²) in [4.78, 5) is 0.460. The molecule has 82 valence electrons. The second-order valence-electron chi connectivity index (χ2n) is 3.96. The second kappa shape index (κ2) is 4.92. The van der Waals surface area contributed by atoms with Crippen molar-refractivity contribution in [2.24, 2.45) is 0 Å². The number of halogens is 1. The lowest BCUT2D eigenvalue weighted by molar-refractivity contribution is -0.124. The lowest BCUT2D eigenvalue weighted by Crippen LogP contribution is -2.50. The van der Waals surface area contributed by atoms with E-state index in [4.69, 9.17) is 14.2 Å². The molecular weight excluding hydrogens is 248 g/mol. The van der Waals surface area contributed by atoms with E-state index in [-0.39, 0.29) is 12.2 Å². The maximum Gasteiger partial charge on any atom is 0.0958 e. The molecule has 2 fully saturated rings. The molecule has 4 atom stereocenters. The molecule has 0 aromatic rings. The van der Waals surface area contributed by atoms with Gasteiger partial charge in [0.2, 0.25) is 0 Å². The van der Waals surface area contributed by atoms with Crippen molar-refractivity contribution >= 4 is 15.9 Å². The van der Waals surface area contributed by atoms with E-state index >= 15 is 0 Å². The van der Waals surface area contributed by atoms with Gasteiger partial charge in [0.05, 0.1) is 24.9 Å². The molecule has 0 radical (unpaired) electrons. The zero-order valence-electron chi connectivity index (χ0n) is 8.45. The van der Waals surface area contributed by atoms with Crippen LogP contribution in [0.4, 0.5) is 0 Å². The summed E-state index contributed by atoms with van der Waals surface area (Å²) in [6.45, 7) is 1.62. The topological polar surface area (TPSA) is 27.7 Å². The van der Waals surface area contributed by atoms with E-state index in [1.807, 2.05) is 0 Å². The Bertz CT molecular complexity index is 182. The van der Waals surface area contributed by atoms with Crippen molar-refractivity contribution < 1.29 is 14.2 Å². The van der Waals surface area contributed by atoms with Crippen molar-refractivity contribution in [1.29, 1.82) is 0 Å². The van der Waals surface area contributed by atoms with Gasteiger partial charge in [-0.3, -0.25) is 0 Å². The molecule has 14 heavy (non-hydrogen) atoms. The molecule has 0 bridgehead atoms. The highest BCUT2D eigenvalue weighted by Crippen LogP contribution is 2.33. The van der Waals surface area contributed by atoms with Crippen molar-refractivity contribution in [2.45, 2.75) is 42.4 Å². The smallest absolute Gasteiger partial charge is 0.0958 e. The van der Waals surface area contributed by atoms with E-state index in [0.29, 0.717) is 10.9 Å². The van der Waals surface area contributed by atoms with Crippen molar-refractivity contribution in [3.8, 4) is 0 Å². The van der Waals surface area contributed by atoms with Crippen LogP contribution in [0.25, 0.3) is 0 Å². The van der Waals surface area contributed by atoms with Gasteiger partial charge >= 0.3 is 0 Å². The summed E-state index contributed by atoms with van der Waals surface area (Å²) < 4.78 is 16.6. The Hall–Kier alpha value is 0.360. The zero-order chi connectivity index (χ0) is 9.97. The maximum absolute atomic E-state index is 5.76. The molecule has 0 spiro atoms. The first-order valence-corrected chi connectivity index (χ1v) is 6.13. The fraction of sp³-hybridized carbons (Fsp3) is 1.00. The summed E-state index contributed by atoms with van der Waals surface area (Å²) in [5.74, 6) is 0. The maximum atomic E-state index is 5.76. The van der Waals surface area contributed by atoms with Gasteiger partial charge in [0.25, 0.3) is 0 Å². The molecule has 1 saturated heterocycles. The van der Waals surface area contributed by atoms with Crippen molar-refractivity contribution in [2.75, 3.05) is 20.3 Å². The van der Waals surface area contributed by atoms with Gasteiger partial charge in [-0.25, -0.2) is 0 Å². The largest absolute Gasteiger partial charge is 0.378 e. The number of ether oxygens (including phenoxy) is 3. The molecule has 1 heterocycles. The SMILES string of the molecule is COC1C(Br)CC1OCC1CCCO1. The first-order chi connectivity index (χ1) is 6.81. The molecule has 1 aliphatic carbocycles. The van der Waals surface area contributed by atoms with Gasteiger partial charge in [-0.15, -0.1) is 0 Å². The zero-order valence-corrected chi connectivity index (χ0v) is 10.0. The van der Waals surface area contributed by atoms with Gasteiger partial charge in [-0.1, -0.05) is 15.9 Å². The minimum Gasteiger partial charge on any atom is -0.378 e. The van der Waals surface area contributed by atoms with E-state index in [0.717, 1.165) is 26.1 Å². The van der Waals surface area contributed by atoms with Crippen molar-refractivity contribution in [1.82, 2.24) is 0 Å². The fourth-order valence-corrected chi connectivity index (χ4v) is 2.92. The quantitative estimate of drug-likeness (QED) is 0.724. The number of methoxy groups -OCH3 is 1. The van der Waals surface area contributed by atoms with Crippen LogP contribution in [-0.2, 0) is 14.2 Å². The minimum atomic E-state index is 0.219. The number of rotatable bonds is 4. The normalized spacial score (nSPS) is 42.4. The Balaban J connectivity index is 1.65. The van der Waals surface area contributed by atoms with Gasteiger partial charge in [0.1, 0.15) is 0 Å². The number of alkyl halides is 1. The van der Waals surface area contributed by atoms with Gasteiger partial charge < -0.3 is 14.2 Å². The summed E-state index contributed by atoms with van der Waals surface area (Å²) in [5, 5.41) is 0. The molecule has 4 unspecified atom stereocenters. The van der Waals surface area contributed by atoms with Gasteiger partial charge in [-0.2, -0.15) is 0 Å². The van der Waals surface area contributed by atoms with Crippen LogP contribution in [-0.4, -0.2) is 43.5 Å². The minimum absolute atomic E-state index is 0.219. The monoisotopic (exact) mass is 264 g/mol. The molecular formula is C10H17BrO3. The van der Waals surface area contributed by atoms with Crippen LogP contribution in [0.3, 0.4) is 0 Å². The first-order valence-electron chi connectivity index (χ1n) is 5.21. The van der Waals surface area contributed by atoms with Crippen molar-refractivity contribution in [3.63, 3.8) is 0 Å². The molecule has 2 aliphatic rings. The summed E-state index contributed by atoms with van der Waals surface area (Å²) in [6, 6.07) is 0. The lowest BCUT2D eigenvalue weighted by atomic mass is 9.91. The standard InChI is InChI=1S/C10H17BrO3/c1-12-10-8(11)5-9(10)14-6-7-3-2-4-13-7/h7-10H,2-6H2,1H3. The third-order valence-electron chi connectivity index (χ3n) is 2.97. The average Bonchev–Trinajstić information content (AvgIpc) is 2.65. The predicted molar refractivity (Wildman–Crippen MR) is 56.8 cm³/mol. The summed E-state index contributed by atoms with van der Waals surface area (Å²) in [6.07, 6.45) is 4.16. The molecule has 1 aliphatic heterocycles. The summed E-state index contributed by atoms with van der Waals surface area (Å²) >= 11 is 3.54. The lowest BCUT2D eigenvalue weighted by Gasteiger charge is -2.40. The van der Waals surface area contributed by atoms with Crippen LogP contribution in [0.2, 0.25) is 0 Å². The molecule has 0 N–H and O–H groups in total. The molecule has 0 amide bonds. The highest BCUT2D eigenvalue weighted by Gasteiger charge is 2.41.